The monoisotopic (exact) mass is 402 g/mol. The van der Waals surface area contributed by atoms with Crippen molar-refractivity contribution < 1.29 is 14.6 Å². The van der Waals surface area contributed by atoms with Crippen molar-refractivity contribution in [2.75, 3.05) is 6.54 Å². The maximum atomic E-state index is 11.7. The lowest BCUT2D eigenvalue weighted by Crippen LogP contribution is -2.09. The zero-order chi connectivity index (χ0) is 19.4. The SMILES string of the molecule is C/C=C\C=C(\Oc1sc(C(=O)O)c2c1-c1sncc1CC2)C(C)CN=[N+]=[N-]. The number of ether oxygens (including phenoxy) is 1. The largest absolute Gasteiger partial charge is 0.477 e. The van der Waals surface area contributed by atoms with Crippen LogP contribution in [0.1, 0.15) is 34.6 Å². The normalized spacial score (nSPS) is 14.4. The number of thiophene rings is 1. The van der Waals surface area contributed by atoms with E-state index in [-0.39, 0.29) is 12.5 Å². The Kier molecular flexibility index (Phi) is 5.95. The van der Waals surface area contributed by atoms with Crippen LogP contribution in [-0.4, -0.2) is 22.0 Å². The van der Waals surface area contributed by atoms with Crippen LogP contribution in [-0.2, 0) is 12.8 Å². The minimum atomic E-state index is -0.944. The van der Waals surface area contributed by atoms with Gasteiger partial charge >= 0.3 is 5.97 Å². The second kappa shape index (κ2) is 8.39. The summed E-state index contributed by atoms with van der Waals surface area (Å²) in [5, 5.41) is 13.8. The van der Waals surface area contributed by atoms with Crippen molar-refractivity contribution in [1.29, 1.82) is 0 Å². The van der Waals surface area contributed by atoms with Crippen molar-refractivity contribution >= 4 is 28.8 Å². The summed E-state index contributed by atoms with van der Waals surface area (Å²) in [7, 11) is 0. The molecule has 0 saturated heterocycles. The van der Waals surface area contributed by atoms with Crippen LogP contribution in [0.15, 0.2) is 35.3 Å². The Morgan fingerprint density at radius 3 is 3.07 bits per heavy atom. The molecule has 0 radical (unpaired) electrons. The van der Waals surface area contributed by atoms with E-state index in [1.165, 1.54) is 11.5 Å². The predicted octanol–water partition coefficient (Wildman–Crippen LogP) is 5.45. The molecular formula is C18H18N4O3S2. The second-order valence-electron chi connectivity index (χ2n) is 6.07. The number of hydrogen-bond donors (Lipinski definition) is 1. The molecule has 7 nitrogen and oxygen atoms in total. The third kappa shape index (κ3) is 3.90. The summed E-state index contributed by atoms with van der Waals surface area (Å²) < 4.78 is 10.5. The van der Waals surface area contributed by atoms with Crippen LogP contribution >= 0.6 is 22.9 Å². The average molecular weight is 403 g/mol. The lowest BCUT2D eigenvalue weighted by atomic mass is 9.93. The number of aryl methyl sites for hydroxylation is 1. The van der Waals surface area contributed by atoms with Crippen LogP contribution in [0.25, 0.3) is 20.9 Å². The van der Waals surface area contributed by atoms with Gasteiger partial charge in [0.2, 0.25) is 0 Å². The maximum absolute atomic E-state index is 11.7. The van der Waals surface area contributed by atoms with Gasteiger partial charge in [-0.05, 0) is 54.0 Å². The van der Waals surface area contributed by atoms with Crippen LogP contribution in [0.5, 0.6) is 5.06 Å². The molecule has 3 rings (SSSR count). The summed E-state index contributed by atoms with van der Waals surface area (Å²) >= 11 is 2.50. The van der Waals surface area contributed by atoms with Gasteiger partial charge in [0, 0.05) is 23.6 Å². The summed E-state index contributed by atoms with van der Waals surface area (Å²) in [5.74, 6) is -0.467. The van der Waals surface area contributed by atoms with E-state index in [1.54, 1.807) is 0 Å². The molecule has 0 aliphatic heterocycles. The molecule has 2 heterocycles. The molecule has 1 unspecified atom stereocenters. The molecule has 1 aliphatic carbocycles. The van der Waals surface area contributed by atoms with E-state index in [9.17, 15) is 9.90 Å². The van der Waals surface area contributed by atoms with E-state index in [0.717, 1.165) is 39.3 Å². The standard InChI is InChI=1S/C18H18N4O3S2/c1-3-4-5-13(10(2)8-20-22-19)25-18-14-12(16(26-18)17(23)24)7-6-11-9-21-27-15(11)14/h3-5,9-10H,6-8H2,1-2H3,(H,23,24)/b4-3-,13-5+. The van der Waals surface area contributed by atoms with E-state index >= 15 is 0 Å². The van der Waals surface area contributed by atoms with Crippen molar-refractivity contribution in [1.82, 2.24) is 4.37 Å². The van der Waals surface area contributed by atoms with E-state index in [0.29, 0.717) is 22.1 Å². The number of carboxylic acid groups (broad SMARTS) is 1. The topological polar surface area (TPSA) is 108 Å². The first kappa shape index (κ1) is 19.2. The molecule has 1 aliphatic rings. The number of carbonyl (C=O) groups is 1. The molecule has 2 aromatic rings. The lowest BCUT2D eigenvalue weighted by molar-refractivity contribution is 0.0701. The Morgan fingerprint density at radius 2 is 2.37 bits per heavy atom. The molecule has 0 amide bonds. The number of carboxylic acids is 1. The molecule has 1 atom stereocenters. The van der Waals surface area contributed by atoms with Crippen molar-refractivity contribution in [3.63, 3.8) is 0 Å². The van der Waals surface area contributed by atoms with Crippen LogP contribution in [0.2, 0.25) is 0 Å². The highest BCUT2D eigenvalue weighted by atomic mass is 32.1. The fourth-order valence-corrected chi connectivity index (χ4v) is 4.90. The molecule has 0 aromatic carbocycles. The Morgan fingerprint density at radius 1 is 1.56 bits per heavy atom. The number of allylic oxidation sites excluding steroid dienone is 3. The molecular weight excluding hydrogens is 384 g/mol. The minimum Gasteiger partial charge on any atom is -0.477 e. The van der Waals surface area contributed by atoms with Crippen molar-refractivity contribution in [3.05, 3.63) is 56.6 Å². The van der Waals surface area contributed by atoms with Gasteiger partial charge in [-0.1, -0.05) is 35.5 Å². The fourth-order valence-electron chi connectivity index (χ4n) is 2.90. The molecule has 0 spiro atoms. The summed E-state index contributed by atoms with van der Waals surface area (Å²) in [6, 6.07) is 0. The van der Waals surface area contributed by atoms with Crippen molar-refractivity contribution in [2.45, 2.75) is 26.7 Å². The number of aromatic carboxylic acids is 1. The first-order valence-electron chi connectivity index (χ1n) is 8.41. The summed E-state index contributed by atoms with van der Waals surface area (Å²) in [6.07, 6.45) is 8.82. The minimum absolute atomic E-state index is 0.146. The summed E-state index contributed by atoms with van der Waals surface area (Å²) in [6.45, 7) is 4.05. The van der Waals surface area contributed by atoms with Gasteiger partial charge in [-0.15, -0.1) is 0 Å². The Balaban J connectivity index is 2.06. The van der Waals surface area contributed by atoms with Crippen LogP contribution in [0, 0.1) is 5.92 Å². The first-order chi connectivity index (χ1) is 13.1. The number of hydrogen-bond acceptors (Lipinski definition) is 6. The molecule has 27 heavy (non-hydrogen) atoms. The predicted molar refractivity (Wildman–Crippen MR) is 106 cm³/mol. The van der Waals surface area contributed by atoms with E-state index in [1.807, 2.05) is 38.3 Å². The van der Waals surface area contributed by atoms with Gasteiger partial charge in [0.25, 0.3) is 0 Å². The zero-order valence-corrected chi connectivity index (χ0v) is 16.5. The molecule has 1 N–H and O–H groups in total. The summed E-state index contributed by atoms with van der Waals surface area (Å²) in [4.78, 5) is 15.8. The summed E-state index contributed by atoms with van der Waals surface area (Å²) in [5.41, 5.74) is 11.4. The number of azide groups is 1. The van der Waals surface area contributed by atoms with E-state index < -0.39 is 5.97 Å². The van der Waals surface area contributed by atoms with E-state index in [4.69, 9.17) is 10.3 Å². The van der Waals surface area contributed by atoms with Crippen molar-refractivity contribution in [2.24, 2.45) is 11.0 Å². The highest BCUT2D eigenvalue weighted by molar-refractivity contribution is 7.17. The Hall–Kier alpha value is -2.61. The fraction of sp³-hybridized carbons (Fsp3) is 0.333. The number of nitrogens with zero attached hydrogens (tertiary/aromatic N) is 4. The third-order valence-electron chi connectivity index (χ3n) is 4.25. The number of fused-ring (bicyclic) bond motifs is 3. The van der Waals surface area contributed by atoms with Gasteiger partial charge in [0.15, 0.2) is 5.06 Å². The highest BCUT2D eigenvalue weighted by Crippen LogP contribution is 2.49. The first-order valence-corrected chi connectivity index (χ1v) is 10.00. The molecule has 0 saturated carbocycles. The number of rotatable bonds is 7. The Bertz CT molecular complexity index is 967. The van der Waals surface area contributed by atoms with Crippen LogP contribution in [0.4, 0.5) is 0 Å². The van der Waals surface area contributed by atoms with Gasteiger partial charge in [-0.3, -0.25) is 0 Å². The Labute approximate surface area is 164 Å². The van der Waals surface area contributed by atoms with Crippen LogP contribution in [0.3, 0.4) is 0 Å². The van der Waals surface area contributed by atoms with Gasteiger partial charge in [0.05, 0.1) is 10.4 Å². The molecule has 140 valence electrons. The number of aromatic nitrogens is 1. The van der Waals surface area contributed by atoms with E-state index in [2.05, 4.69) is 14.4 Å². The van der Waals surface area contributed by atoms with Crippen LogP contribution < -0.4 is 4.74 Å². The quantitative estimate of drug-likeness (QED) is 0.218. The molecule has 0 fully saturated rings. The molecule has 9 heteroatoms. The molecule has 2 aromatic heterocycles. The zero-order valence-electron chi connectivity index (χ0n) is 14.9. The van der Waals surface area contributed by atoms with Crippen molar-refractivity contribution in [3.8, 4) is 15.5 Å². The maximum Gasteiger partial charge on any atom is 0.346 e. The van der Waals surface area contributed by atoms with Gasteiger partial charge in [-0.2, -0.15) is 0 Å². The van der Waals surface area contributed by atoms with Gasteiger partial charge < -0.3 is 9.84 Å². The van der Waals surface area contributed by atoms with Gasteiger partial charge in [-0.25, -0.2) is 9.17 Å². The average Bonchev–Trinajstić information content (AvgIpc) is 3.27. The lowest BCUT2D eigenvalue weighted by Gasteiger charge is -2.17. The van der Waals surface area contributed by atoms with Gasteiger partial charge in [0.1, 0.15) is 10.6 Å². The third-order valence-corrected chi connectivity index (χ3v) is 6.21. The highest BCUT2D eigenvalue weighted by Gasteiger charge is 2.31. The second-order valence-corrected chi connectivity index (χ2v) is 7.85. The smallest absolute Gasteiger partial charge is 0.346 e. The molecule has 0 bridgehead atoms.